The second-order valence-electron chi connectivity index (χ2n) is 2.10. The van der Waals surface area contributed by atoms with Crippen molar-refractivity contribution in [1.82, 2.24) is 5.16 Å². The molecule has 0 fully saturated rings. The molecule has 6 heteroatoms. The lowest BCUT2D eigenvalue weighted by Gasteiger charge is -1.88. The maximum Gasteiger partial charge on any atom is 0.358 e. The van der Waals surface area contributed by atoms with E-state index in [9.17, 15) is 9.59 Å². The van der Waals surface area contributed by atoms with Gasteiger partial charge in [-0.05, 0) is 5.75 Å². The summed E-state index contributed by atoms with van der Waals surface area (Å²) in [7, 11) is 0. The van der Waals surface area contributed by atoms with Crippen LogP contribution in [0.5, 0.6) is 0 Å². The van der Waals surface area contributed by atoms with E-state index < -0.39 is 5.97 Å². The summed E-state index contributed by atoms with van der Waals surface area (Å²) < 4.78 is 4.54. The van der Waals surface area contributed by atoms with E-state index in [4.69, 9.17) is 5.11 Å². The van der Waals surface area contributed by atoms with E-state index in [-0.39, 0.29) is 16.6 Å². The molecule has 0 atom stereocenters. The van der Waals surface area contributed by atoms with E-state index in [0.717, 1.165) is 17.8 Å². The number of aromatic carboxylic acids is 1. The minimum atomic E-state index is -1.20. The van der Waals surface area contributed by atoms with Crippen molar-refractivity contribution in [3.8, 4) is 0 Å². The van der Waals surface area contributed by atoms with Crippen molar-refractivity contribution in [3.05, 3.63) is 17.5 Å². The summed E-state index contributed by atoms with van der Waals surface area (Å²) in [6, 6.07) is 1.12. The van der Waals surface area contributed by atoms with Gasteiger partial charge in [-0.2, -0.15) is 0 Å². The minimum Gasteiger partial charge on any atom is -0.476 e. The average molecular weight is 201 g/mol. The molecule has 0 bridgehead atoms. The first kappa shape index (κ1) is 9.79. The number of rotatable bonds is 3. The van der Waals surface area contributed by atoms with Gasteiger partial charge in [-0.25, -0.2) is 4.79 Å². The predicted octanol–water partition coefficient (Wildman–Crippen LogP) is 1.27. The fourth-order valence-corrected chi connectivity index (χ4v) is 1.18. The van der Waals surface area contributed by atoms with Gasteiger partial charge in [0.15, 0.2) is 5.69 Å². The van der Waals surface area contributed by atoms with E-state index in [1.807, 2.05) is 6.92 Å². The highest BCUT2D eigenvalue weighted by atomic mass is 32.2. The summed E-state index contributed by atoms with van der Waals surface area (Å²) >= 11 is 1.04. The zero-order valence-electron chi connectivity index (χ0n) is 6.81. The number of carboxylic acids is 1. The Balaban J connectivity index is 2.79. The Bertz CT molecular complexity index is 333. The summed E-state index contributed by atoms with van der Waals surface area (Å²) in [5.41, 5.74) is -0.250. The Hall–Kier alpha value is -1.30. The van der Waals surface area contributed by atoms with Crippen LogP contribution in [-0.2, 0) is 0 Å². The van der Waals surface area contributed by atoms with Crippen molar-refractivity contribution in [3.63, 3.8) is 0 Å². The van der Waals surface area contributed by atoms with E-state index in [1.54, 1.807) is 0 Å². The van der Waals surface area contributed by atoms with Gasteiger partial charge < -0.3 is 9.63 Å². The molecule has 5 nitrogen and oxygen atoms in total. The van der Waals surface area contributed by atoms with Crippen LogP contribution in [0.2, 0.25) is 0 Å². The highest BCUT2D eigenvalue weighted by Crippen LogP contribution is 2.12. The molecule has 1 rings (SSSR count). The maximum atomic E-state index is 11.1. The van der Waals surface area contributed by atoms with Crippen molar-refractivity contribution >= 4 is 22.8 Å². The van der Waals surface area contributed by atoms with Gasteiger partial charge in [0.1, 0.15) is 0 Å². The number of carbonyl (C=O) groups excluding carboxylic acids is 1. The number of carbonyl (C=O) groups is 2. The van der Waals surface area contributed by atoms with Crippen molar-refractivity contribution in [2.45, 2.75) is 6.92 Å². The summed E-state index contributed by atoms with van der Waals surface area (Å²) in [6.45, 7) is 1.82. The molecule has 1 N–H and O–H groups in total. The molecule has 0 unspecified atom stereocenters. The summed E-state index contributed by atoms with van der Waals surface area (Å²) in [5.74, 6) is -0.615. The van der Waals surface area contributed by atoms with Crippen LogP contribution in [0, 0.1) is 0 Å². The largest absolute Gasteiger partial charge is 0.476 e. The van der Waals surface area contributed by atoms with Gasteiger partial charge in [0.25, 0.3) is 5.12 Å². The van der Waals surface area contributed by atoms with E-state index >= 15 is 0 Å². The van der Waals surface area contributed by atoms with Gasteiger partial charge in [0.2, 0.25) is 5.76 Å². The smallest absolute Gasteiger partial charge is 0.358 e. The third kappa shape index (κ3) is 2.32. The van der Waals surface area contributed by atoms with Crippen molar-refractivity contribution in [1.29, 1.82) is 0 Å². The third-order valence-electron chi connectivity index (χ3n) is 1.21. The fourth-order valence-electron chi connectivity index (χ4n) is 0.674. The second kappa shape index (κ2) is 4.08. The summed E-state index contributed by atoms with van der Waals surface area (Å²) in [5, 5.41) is 11.4. The average Bonchev–Trinajstić information content (AvgIpc) is 2.52. The minimum absolute atomic E-state index is 0.0238. The van der Waals surface area contributed by atoms with Crippen molar-refractivity contribution < 1.29 is 19.2 Å². The van der Waals surface area contributed by atoms with E-state index in [1.165, 1.54) is 0 Å². The first-order valence-electron chi connectivity index (χ1n) is 3.52. The number of thioether (sulfide) groups is 1. The number of carboxylic acid groups (broad SMARTS) is 1. The second-order valence-corrected chi connectivity index (χ2v) is 3.34. The molecule has 0 spiro atoms. The highest BCUT2D eigenvalue weighted by Gasteiger charge is 2.16. The van der Waals surface area contributed by atoms with E-state index in [2.05, 4.69) is 9.68 Å². The number of hydrogen-bond acceptors (Lipinski definition) is 5. The van der Waals surface area contributed by atoms with Crippen LogP contribution >= 0.6 is 11.8 Å². The Morgan fingerprint density at radius 2 is 2.38 bits per heavy atom. The number of hydrogen-bond donors (Lipinski definition) is 1. The SMILES string of the molecule is CCSC(=O)c1cc(C(=O)O)no1. The molecule has 1 heterocycles. The van der Waals surface area contributed by atoms with Crippen LogP contribution in [0.3, 0.4) is 0 Å². The molecule has 1 aromatic rings. The van der Waals surface area contributed by atoms with Crippen LogP contribution in [0.25, 0.3) is 0 Å². The molecule has 0 saturated heterocycles. The summed E-state index contributed by atoms with van der Waals surface area (Å²) in [6.07, 6.45) is 0. The van der Waals surface area contributed by atoms with E-state index in [0.29, 0.717) is 5.75 Å². The van der Waals surface area contributed by atoms with Crippen LogP contribution in [0.4, 0.5) is 0 Å². The van der Waals surface area contributed by atoms with Crippen molar-refractivity contribution in [2.24, 2.45) is 0 Å². The topological polar surface area (TPSA) is 80.4 Å². The standard InChI is InChI=1S/C7H7NO4S/c1-2-13-7(11)5-3-4(6(9)10)8-12-5/h3H,2H2,1H3,(H,9,10). The lowest BCUT2D eigenvalue weighted by atomic mass is 10.4. The molecular formula is C7H7NO4S. The first-order valence-corrected chi connectivity index (χ1v) is 4.51. The normalized spacial score (nSPS) is 9.92. The Kier molecular flexibility index (Phi) is 3.07. The molecule has 0 aliphatic carbocycles. The van der Waals surface area contributed by atoms with Crippen LogP contribution < -0.4 is 0 Å². The molecule has 1 aromatic heterocycles. The number of nitrogens with zero attached hydrogens (tertiary/aromatic N) is 1. The van der Waals surface area contributed by atoms with Gasteiger partial charge in [-0.3, -0.25) is 4.79 Å². The lowest BCUT2D eigenvalue weighted by Crippen LogP contribution is -1.95. The van der Waals surface area contributed by atoms with Gasteiger partial charge in [-0.15, -0.1) is 0 Å². The van der Waals surface area contributed by atoms with Gasteiger partial charge in [-0.1, -0.05) is 23.8 Å². The third-order valence-corrected chi connectivity index (χ3v) is 1.96. The molecule has 0 aliphatic rings. The zero-order chi connectivity index (χ0) is 9.84. The molecule has 0 radical (unpaired) electrons. The van der Waals surface area contributed by atoms with Crippen LogP contribution in [0.1, 0.15) is 28.0 Å². The Morgan fingerprint density at radius 3 is 2.85 bits per heavy atom. The first-order chi connectivity index (χ1) is 6.15. The lowest BCUT2D eigenvalue weighted by molar-refractivity contribution is 0.0685. The Morgan fingerprint density at radius 1 is 1.69 bits per heavy atom. The van der Waals surface area contributed by atoms with Gasteiger partial charge in [0.05, 0.1) is 0 Å². The molecular weight excluding hydrogens is 194 g/mol. The monoisotopic (exact) mass is 201 g/mol. The van der Waals surface area contributed by atoms with Crippen molar-refractivity contribution in [2.75, 3.05) is 5.75 Å². The Labute approximate surface area is 78.1 Å². The van der Waals surface area contributed by atoms with Crippen LogP contribution in [-0.4, -0.2) is 27.1 Å². The van der Waals surface area contributed by atoms with Gasteiger partial charge in [0, 0.05) is 6.07 Å². The van der Waals surface area contributed by atoms with Gasteiger partial charge >= 0.3 is 5.97 Å². The molecule has 0 saturated carbocycles. The number of aromatic nitrogens is 1. The highest BCUT2D eigenvalue weighted by molar-refractivity contribution is 8.14. The molecule has 70 valence electrons. The zero-order valence-corrected chi connectivity index (χ0v) is 7.63. The fraction of sp³-hybridized carbons (Fsp3) is 0.286. The molecule has 13 heavy (non-hydrogen) atoms. The summed E-state index contributed by atoms with van der Waals surface area (Å²) in [4.78, 5) is 21.5. The maximum absolute atomic E-state index is 11.1. The van der Waals surface area contributed by atoms with Crippen LogP contribution in [0.15, 0.2) is 10.6 Å². The molecule has 0 aliphatic heterocycles. The molecule has 0 amide bonds. The predicted molar refractivity (Wildman–Crippen MR) is 45.9 cm³/mol. The molecule has 0 aromatic carbocycles. The quantitative estimate of drug-likeness (QED) is 0.793.